The summed E-state index contributed by atoms with van der Waals surface area (Å²) in [6.07, 6.45) is -0.0405. The summed E-state index contributed by atoms with van der Waals surface area (Å²) < 4.78 is 4.99. The molecule has 2 rings (SSSR count). The molecule has 1 saturated heterocycles. The molecule has 7 nitrogen and oxygen atoms in total. The van der Waals surface area contributed by atoms with Crippen LogP contribution in [0.2, 0.25) is 0 Å². The maximum absolute atomic E-state index is 12.9. The zero-order valence-electron chi connectivity index (χ0n) is 14.7. The number of rotatable bonds is 5. The summed E-state index contributed by atoms with van der Waals surface area (Å²) in [6, 6.07) is 8.49. The van der Waals surface area contributed by atoms with Crippen LogP contribution in [0.5, 0.6) is 0 Å². The molecule has 25 heavy (non-hydrogen) atoms. The SMILES string of the molecule is CCOC(=O)N1CCN(C(=O)[C@H](NC(=O)CC)c2ccccc2)CC1. The van der Waals surface area contributed by atoms with Gasteiger partial charge in [-0.15, -0.1) is 0 Å². The van der Waals surface area contributed by atoms with Gasteiger partial charge in [-0.2, -0.15) is 0 Å². The molecule has 136 valence electrons. The summed E-state index contributed by atoms with van der Waals surface area (Å²) in [7, 11) is 0. The van der Waals surface area contributed by atoms with E-state index in [0.29, 0.717) is 39.2 Å². The van der Waals surface area contributed by atoms with Crippen molar-refractivity contribution in [1.29, 1.82) is 0 Å². The van der Waals surface area contributed by atoms with Crippen LogP contribution in [0, 0.1) is 0 Å². The molecule has 7 heteroatoms. The number of carbonyl (C=O) groups excluding carboxylic acids is 3. The molecule has 1 N–H and O–H groups in total. The predicted molar refractivity (Wildman–Crippen MR) is 92.8 cm³/mol. The third kappa shape index (κ3) is 4.95. The van der Waals surface area contributed by atoms with Crippen LogP contribution >= 0.6 is 0 Å². The minimum atomic E-state index is -0.706. The van der Waals surface area contributed by atoms with Crippen LogP contribution in [0.3, 0.4) is 0 Å². The molecule has 0 bridgehead atoms. The number of hydrogen-bond acceptors (Lipinski definition) is 4. The second-order valence-corrected chi connectivity index (χ2v) is 5.78. The summed E-state index contributed by atoms with van der Waals surface area (Å²) in [5.41, 5.74) is 0.752. The molecule has 1 heterocycles. The van der Waals surface area contributed by atoms with E-state index in [1.54, 1.807) is 23.6 Å². The Labute approximate surface area is 147 Å². The molecule has 1 fully saturated rings. The minimum absolute atomic E-state index is 0.156. The van der Waals surface area contributed by atoms with Crippen LogP contribution in [-0.2, 0) is 14.3 Å². The molecule has 1 aliphatic rings. The van der Waals surface area contributed by atoms with E-state index in [9.17, 15) is 14.4 Å². The maximum atomic E-state index is 12.9. The van der Waals surface area contributed by atoms with E-state index in [2.05, 4.69) is 5.32 Å². The largest absolute Gasteiger partial charge is 0.450 e. The Bertz CT molecular complexity index is 598. The predicted octanol–water partition coefficient (Wildman–Crippen LogP) is 1.55. The number of nitrogens with zero attached hydrogens (tertiary/aromatic N) is 2. The lowest BCUT2D eigenvalue weighted by Gasteiger charge is -2.36. The van der Waals surface area contributed by atoms with Crippen molar-refractivity contribution in [2.45, 2.75) is 26.3 Å². The maximum Gasteiger partial charge on any atom is 0.409 e. The molecule has 0 aromatic heterocycles. The molecule has 0 spiro atoms. The number of piperazine rings is 1. The number of amides is 3. The monoisotopic (exact) mass is 347 g/mol. The molecule has 1 aromatic carbocycles. The zero-order valence-corrected chi connectivity index (χ0v) is 14.7. The molecular weight excluding hydrogens is 322 g/mol. The van der Waals surface area contributed by atoms with Crippen LogP contribution in [0.1, 0.15) is 31.9 Å². The van der Waals surface area contributed by atoms with Gasteiger partial charge in [0, 0.05) is 32.6 Å². The molecule has 3 amide bonds. The first-order valence-electron chi connectivity index (χ1n) is 8.61. The van der Waals surface area contributed by atoms with E-state index in [1.807, 2.05) is 30.3 Å². The molecule has 0 radical (unpaired) electrons. The van der Waals surface area contributed by atoms with Crippen molar-refractivity contribution in [3.63, 3.8) is 0 Å². The normalized spacial score (nSPS) is 15.4. The van der Waals surface area contributed by atoms with E-state index in [4.69, 9.17) is 4.74 Å². The first kappa shape index (κ1) is 18.8. The summed E-state index contributed by atoms with van der Waals surface area (Å²) in [4.78, 5) is 39.8. The number of carbonyl (C=O) groups is 3. The third-order valence-electron chi connectivity index (χ3n) is 4.12. The molecular formula is C18H25N3O4. The van der Waals surface area contributed by atoms with E-state index < -0.39 is 6.04 Å². The molecule has 1 atom stereocenters. The summed E-state index contributed by atoms with van der Waals surface area (Å²) >= 11 is 0. The van der Waals surface area contributed by atoms with Gasteiger partial charge >= 0.3 is 6.09 Å². The number of benzene rings is 1. The van der Waals surface area contributed by atoms with Gasteiger partial charge < -0.3 is 19.9 Å². The highest BCUT2D eigenvalue weighted by Crippen LogP contribution is 2.17. The quantitative estimate of drug-likeness (QED) is 0.877. The van der Waals surface area contributed by atoms with Crippen LogP contribution < -0.4 is 5.32 Å². The lowest BCUT2D eigenvalue weighted by atomic mass is 10.0. The highest BCUT2D eigenvalue weighted by molar-refractivity contribution is 5.88. The fraction of sp³-hybridized carbons (Fsp3) is 0.500. The van der Waals surface area contributed by atoms with Gasteiger partial charge in [0.05, 0.1) is 6.61 Å². The van der Waals surface area contributed by atoms with E-state index in [0.717, 1.165) is 5.56 Å². The van der Waals surface area contributed by atoms with Crippen LogP contribution in [0.25, 0.3) is 0 Å². The first-order valence-corrected chi connectivity index (χ1v) is 8.61. The van der Waals surface area contributed by atoms with Crippen molar-refractivity contribution in [2.24, 2.45) is 0 Å². The summed E-state index contributed by atoms with van der Waals surface area (Å²) in [5, 5.41) is 2.80. The van der Waals surface area contributed by atoms with Crippen molar-refractivity contribution in [3.05, 3.63) is 35.9 Å². The lowest BCUT2D eigenvalue weighted by molar-refractivity contribution is -0.138. The molecule has 0 aliphatic carbocycles. The Morgan fingerprint density at radius 2 is 1.64 bits per heavy atom. The highest BCUT2D eigenvalue weighted by Gasteiger charge is 2.30. The van der Waals surface area contributed by atoms with E-state index >= 15 is 0 Å². The topological polar surface area (TPSA) is 79.0 Å². The van der Waals surface area contributed by atoms with Crippen LogP contribution in [-0.4, -0.2) is 60.5 Å². The Morgan fingerprint density at radius 3 is 2.20 bits per heavy atom. The van der Waals surface area contributed by atoms with Crippen molar-refractivity contribution in [3.8, 4) is 0 Å². The fourth-order valence-electron chi connectivity index (χ4n) is 2.70. The van der Waals surface area contributed by atoms with Gasteiger partial charge in [0.25, 0.3) is 0 Å². The van der Waals surface area contributed by atoms with Gasteiger partial charge in [-0.1, -0.05) is 37.3 Å². The Morgan fingerprint density at radius 1 is 1.04 bits per heavy atom. The lowest BCUT2D eigenvalue weighted by Crippen LogP contribution is -2.53. The highest BCUT2D eigenvalue weighted by atomic mass is 16.6. The average molecular weight is 347 g/mol. The van der Waals surface area contributed by atoms with Crippen molar-refractivity contribution < 1.29 is 19.1 Å². The molecule has 1 aromatic rings. The Hall–Kier alpha value is -2.57. The van der Waals surface area contributed by atoms with Crippen molar-refractivity contribution in [2.75, 3.05) is 32.8 Å². The Kier molecular flexibility index (Phi) is 6.80. The van der Waals surface area contributed by atoms with Crippen molar-refractivity contribution >= 4 is 17.9 Å². The third-order valence-corrected chi connectivity index (χ3v) is 4.12. The summed E-state index contributed by atoms with van der Waals surface area (Å²) in [5.74, 6) is -0.330. The van der Waals surface area contributed by atoms with Gasteiger partial charge in [-0.05, 0) is 12.5 Å². The van der Waals surface area contributed by atoms with Crippen LogP contribution in [0.15, 0.2) is 30.3 Å². The number of ether oxygens (including phenoxy) is 1. The molecule has 0 unspecified atom stereocenters. The van der Waals surface area contributed by atoms with E-state index in [1.165, 1.54) is 0 Å². The fourth-order valence-corrected chi connectivity index (χ4v) is 2.70. The second kappa shape index (κ2) is 9.05. The molecule has 0 saturated carbocycles. The minimum Gasteiger partial charge on any atom is -0.450 e. The first-order chi connectivity index (χ1) is 12.1. The Balaban J connectivity index is 2.05. The van der Waals surface area contributed by atoms with Gasteiger partial charge in [0.1, 0.15) is 6.04 Å². The second-order valence-electron chi connectivity index (χ2n) is 5.78. The average Bonchev–Trinajstić information content (AvgIpc) is 2.66. The summed E-state index contributed by atoms with van der Waals surface area (Å²) in [6.45, 7) is 5.53. The van der Waals surface area contributed by atoms with Gasteiger partial charge in [0.15, 0.2) is 0 Å². The molecule has 1 aliphatic heterocycles. The van der Waals surface area contributed by atoms with Crippen molar-refractivity contribution in [1.82, 2.24) is 15.1 Å². The van der Waals surface area contributed by atoms with E-state index in [-0.39, 0.29) is 17.9 Å². The van der Waals surface area contributed by atoms with Gasteiger partial charge in [-0.3, -0.25) is 9.59 Å². The number of hydrogen-bond donors (Lipinski definition) is 1. The number of nitrogens with one attached hydrogen (secondary N) is 1. The standard InChI is InChI=1S/C18H25N3O4/c1-3-15(22)19-16(14-8-6-5-7-9-14)17(23)20-10-12-21(13-11-20)18(24)25-4-2/h5-9,16H,3-4,10-13H2,1-2H3,(H,19,22)/t16-/m1/s1. The van der Waals surface area contributed by atoms with Gasteiger partial charge in [-0.25, -0.2) is 4.79 Å². The van der Waals surface area contributed by atoms with Crippen LogP contribution in [0.4, 0.5) is 4.79 Å². The van der Waals surface area contributed by atoms with Gasteiger partial charge in [0.2, 0.25) is 11.8 Å². The smallest absolute Gasteiger partial charge is 0.409 e. The zero-order chi connectivity index (χ0) is 18.2.